The van der Waals surface area contributed by atoms with Gasteiger partial charge in [0.05, 0.1) is 25.6 Å². The summed E-state index contributed by atoms with van der Waals surface area (Å²) in [6, 6.07) is 12.0. The van der Waals surface area contributed by atoms with Crippen molar-refractivity contribution in [2.24, 2.45) is 15.7 Å². The Bertz CT molecular complexity index is 1110. The number of imide groups is 1. The predicted molar refractivity (Wildman–Crippen MR) is 112 cm³/mol. The zero-order valence-corrected chi connectivity index (χ0v) is 16.6. The Kier molecular flexibility index (Phi) is 4.53. The molecule has 0 aromatic heterocycles. The Balaban J connectivity index is 1.82. The summed E-state index contributed by atoms with van der Waals surface area (Å²) in [6.45, 7) is 1.31. The largest absolute Gasteiger partial charge is 0.497 e. The molecule has 1 unspecified atom stereocenters. The summed E-state index contributed by atoms with van der Waals surface area (Å²) in [4.78, 5) is 35.3. The van der Waals surface area contributed by atoms with E-state index in [0.717, 1.165) is 4.90 Å². The van der Waals surface area contributed by atoms with Crippen molar-refractivity contribution in [3.63, 3.8) is 0 Å². The number of guanidine groups is 2. The molecule has 1 atom stereocenters. The number of para-hydroxylation sites is 1. The molecule has 30 heavy (non-hydrogen) atoms. The minimum absolute atomic E-state index is 0.0251. The van der Waals surface area contributed by atoms with Crippen molar-refractivity contribution in [2.45, 2.75) is 12.6 Å². The van der Waals surface area contributed by atoms with Crippen LogP contribution in [0.5, 0.6) is 11.5 Å². The Hall–Kier alpha value is -4.08. The maximum absolute atomic E-state index is 13.3. The van der Waals surface area contributed by atoms with Gasteiger partial charge in [-0.3, -0.25) is 14.9 Å². The smallest absolute Gasteiger partial charge is 0.289 e. The molecule has 1 spiro atoms. The number of nitrogens with two attached hydrogens (primary N) is 1. The van der Waals surface area contributed by atoms with Gasteiger partial charge >= 0.3 is 0 Å². The van der Waals surface area contributed by atoms with Gasteiger partial charge in [-0.2, -0.15) is 0 Å². The van der Waals surface area contributed by atoms with Crippen molar-refractivity contribution in [3.05, 3.63) is 48.0 Å². The Morgan fingerprint density at radius 2 is 1.93 bits per heavy atom. The number of anilines is 2. The first kappa shape index (κ1) is 19.2. The quantitative estimate of drug-likeness (QED) is 0.694. The topological polar surface area (TPSA) is 131 Å². The fraction of sp³-hybridized carbons (Fsp3) is 0.200. The van der Waals surface area contributed by atoms with E-state index in [2.05, 4.69) is 20.6 Å². The molecule has 2 aliphatic rings. The number of benzene rings is 2. The summed E-state index contributed by atoms with van der Waals surface area (Å²) < 4.78 is 10.6. The summed E-state index contributed by atoms with van der Waals surface area (Å²) in [6.07, 6.45) is 0. The molecule has 4 N–H and O–H groups in total. The fourth-order valence-corrected chi connectivity index (χ4v) is 3.51. The highest BCUT2D eigenvalue weighted by Gasteiger charge is 2.54. The molecule has 2 heterocycles. The summed E-state index contributed by atoms with van der Waals surface area (Å²) in [5.74, 6) is 0.230. The van der Waals surface area contributed by atoms with Crippen LogP contribution >= 0.6 is 0 Å². The van der Waals surface area contributed by atoms with Crippen LogP contribution in [0.3, 0.4) is 0 Å². The molecule has 0 fully saturated rings. The average Bonchev–Trinajstić information content (AvgIpc) is 2.95. The van der Waals surface area contributed by atoms with Crippen molar-refractivity contribution >= 4 is 35.1 Å². The third-order valence-corrected chi connectivity index (χ3v) is 4.80. The molecular formula is C20H20N6O4. The molecule has 0 aliphatic carbocycles. The molecule has 0 radical (unpaired) electrons. The first-order valence-corrected chi connectivity index (χ1v) is 9.05. The SMILES string of the molecule is COc1ccc(OC)c(NC2=NC3(N=C(N)N2)C(=O)N(C(C)=O)c2ccccc23)c1. The fourth-order valence-electron chi connectivity index (χ4n) is 3.51. The molecule has 4 rings (SSSR count). The number of hydrogen-bond acceptors (Lipinski definition) is 9. The van der Waals surface area contributed by atoms with Crippen LogP contribution in [0.1, 0.15) is 12.5 Å². The molecule has 0 saturated heterocycles. The molecule has 10 nitrogen and oxygen atoms in total. The van der Waals surface area contributed by atoms with Gasteiger partial charge in [0.2, 0.25) is 11.9 Å². The van der Waals surface area contributed by atoms with Gasteiger partial charge in [0.15, 0.2) is 5.96 Å². The maximum Gasteiger partial charge on any atom is 0.289 e. The number of nitrogens with one attached hydrogen (secondary N) is 2. The van der Waals surface area contributed by atoms with Crippen LogP contribution < -0.4 is 30.7 Å². The van der Waals surface area contributed by atoms with E-state index < -0.39 is 17.5 Å². The summed E-state index contributed by atoms with van der Waals surface area (Å²) in [7, 11) is 3.08. The molecule has 0 saturated carbocycles. The van der Waals surface area contributed by atoms with Gasteiger partial charge in [0.25, 0.3) is 11.6 Å². The van der Waals surface area contributed by atoms with Crippen molar-refractivity contribution in [1.82, 2.24) is 5.32 Å². The molecule has 2 aliphatic heterocycles. The molecule has 2 aromatic rings. The number of methoxy groups -OCH3 is 2. The lowest BCUT2D eigenvalue weighted by molar-refractivity contribution is -0.127. The predicted octanol–water partition coefficient (Wildman–Crippen LogP) is 1.14. The van der Waals surface area contributed by atoms with Crippen LogP contribution in [0.15, 0.2) is 52.4 Å². The number of fused-ring (bicyclic) bond motifs is 2. The monoisotopic (exact) mass is 408 g/mol. The van der Waals surface area contributed by atoms with Gasteiger partial charge in [-0.05, 0) is 18.2 Å². The molecule has 154 valence electrons. The van der Waals surface area contributed by atoms with Gasteiger partial charge in [-0.1, -0.05) is 18.2 Å². The summed E-state index contributed by atoms with van der Waals surface area (Å²) >= 11 is 0. The normalized spacial score (nSPS) is 19.6. The third-order valence-electron chi connectivity index (χ3n) is 4.80. The second-order valence-corrected chi connectivity index (χ2v) is 6.62. The first-order valence-electron chi connectivity index (χ1n) is 9.05. The van der Waals surface area contributed by atoms with E-state index in [1.165, 1.54) is 14.0 Å². The number of rotatable bonds is 3. The van der Waals surface area contributed by atoms with E-state index in [1.54, 1.807) is 49.6 Å². The van der Waals surface area contributed by atoms with Crippen molar-refractivity contribution in [3.8, 4) is 11.5 Å². The van der Waals surface area contributed by atoms with Crippen molar-refractivity contribution in [1.29, 1.82) is 0 Å². The number of nitrogens with zero attached hydrogens (tertiary/aromatic N) is 3. The lowest BCUT2D eigenvalue weighted by Gasteiger charge is -2.27. The molecule has 0 bridgehead atoms. The minimum Gasteiger partial charge on any atom is -0.497 e. The van der Waals surface area contributed by atoms with E-state index in [0.29, 0.717) is 28.4 Å². The molecular weight excluding hydrogens is 388 g/mol. The average molecular weight is 408 g/mol. The molecule has 2 amide bonds. The van der Waals surface area contributed by atoms with Crippen LogP contribution in [0.4, 0.5) is 11.4 Å². The van der Waals surface area contributed by atoms with Crippen LogP contribution in [0.25, 0.3) is 0 Å². The summed E-state index contributed by atoms with van der Waals surface area (Å²) in [5, 5.41) is 5.88. The third kappa shape index (κ3) is 2.89. The standard InChI is InChI=1S/C20H20N6O4/c1-11(27)26-15-7-5-4-6-13(15)20(17(26)28)24-18(21)23-19(25-20)22-14-10-12(29-2)8-9-16(14)30-3/h4-10H,1-3H3,(H4,21,22,23,24,25). The number of carbonyl (C=O) groups is 2. The highest BCUT2D eigenvalue weighted by Crippen LogP contribution is 2.45. The zero-order valence-electron chi connectivity index (χ0n) is 16.6. The molecule has 2 aromatic carbocycles. The zero-order chi connectivity index (χ0) is 21.5. The number of hydrogen-bond donors (Lipinski definition) is 3. The van der Waals surface area contributed by atoms with E-state index in [-0.39, 0.29) is 11.9 Å². The number of ether oxygens (including phenoxy) is 2. The second-order valence-electron chi connectivity index (χ2n) is 6.62. The maximum atomic E-state index is 13.3. The van der Waals surface area contributed by atoms with Crippen molar-refractivity contribution in [2.75, 3.05) is 24.4 Å². The van der Waals surface area contributed by atoms with Gasteiger partial charge < -0.3 is 20.5 Å². The number of aliphatic imine (C=N–C) groups is 2. The van der Waals surface area contributed by atoms with E-state index in [4.69, 9.17) is 15.2 Å². The number of amides is 2. The van der Waals surface area contributed by atoms with Gasteiger partial charge in [0, 0.05) is 18.6 Å². The second kappa shape index (κ2) is 7.07. The van der Waals surface area contributed by atoms with E-state index in [9.17, 15) is 9.59 Å². The van der Waals surface area contributed by atoms with Gasteiger partial charge in [-0.15, -0.1) is 0 Å². The van der Waals surface area contributed by atoms with Crippen molar-refractivity contribution < 1.29 is 19.1 Å². The molecule has 10 heteroatoms. The van der Waals surface area contributed by atoms with Crippen LogP contribution in [-0.4, -0.2) is 38.0 Å². The Morgan fingerprint density at radius 3 is 2.63 bits per heavy atom. The Morgan fingerprint density at radius 1 is 1.17 bits per heavy atom. The van der Waals surface area contributed by atoms with Gasteiger partial charge in [-0.25, -0.2) is 14.9 Å². The first-order chi connectivity index (χ1) is 14.4. The van der Waals surface area contributed by atoms with E-state index >= 15 is 0 Å². The van der Waals surface area contributed by atoms with Gasteiger partial charge in [0.1, 0.15) is 11.5 Å². The van der Waals surface area contributed by atoms with Crippen LogP contribution in [0, 0.1) is 0 Å². The lowest BCUT2D eigenvalue weighted by atomic mass is 10.0. The highest BCUT2D eigenvalue weighted by molar-refractivity contribution is 6.24. The van der Waals surface area contributed by atoms with Crippen LogP contribution in [-0.2, 0) is 15.3 Å². The van der Waals surface area contributed by atoms with E-state index in [1.807, 2.05) is 0 Å². The lowest BCUT2D eigenvalue weighted by Crippen LogP contribution is -2.51. The Labute approximate surface area is 172 Å². The summed E-state index contributed by atoms with van der Waals surface area (Å²) in [5.41, 5.74) is 5.73. The number of carbonyl (C=O) groups excluding carboxylic acids is 2. The van der Waals surface area contributed by atoms with Crippen LogP contribution in [0.2, 0.25) is 0 Å². The highest BCUT2D eigenvalue weighted by atomic mass is 16.5. The minimum atomic E-state index is -1.70.